The Bertz CT molecular complexity index is 907. The molecule has 1 N–H and O–H groups in total. The Morgan fingerprint density at radius 1 is 1.15 bits per heavy atom. The quantitative estimate of drug-likeness (QED) is 0.619. The second kappa shape index (κ2) is 7.10. The maximum absolute atomic E-state index is 13.2. The highest BCUT2D eigenvalue weighted by molar-refractivity contribution is 6.04. The number of carbonyl (C=O) groups is 3. The second-order valence-corrected chi connectivity index (χ2v) is 7.12. The maximum Gasteiger partial charge on any atom is 0.317 e. The molecule has 142 valence electrons. The number of ketones is 2. The van der Waals surface area contributed by atoms with Crippen LogP contribution in [0.3, 0.4) is 0 Å². The molecule has 0 unspecified atom stereocenters. The molecule has 1 heterocycles. The van der Waals surface area contributed by atoms with Crippen molar-refractivity contribution in [1.29, 1.82) is 0 Å². The molecule has 0 saturated heterocycles. The molecule has 1 aliphatic rings. The first-order chi connectivity index (χ1) is 12.8. The van der Waals surface area contributed by atoms with Crippen molar-refractivity contribution in [2.24, 2.45) is 0 Å². The number of benzene rings is 1. The normalized spacial score (nSPS) is 15.1. The molecule has 27 heavy (non-hydrogen) atoms. The number of aromatic amines is 1. The second-order valence-electron chi connectivity index (χ2n) is 7.12. The molecular weight excluding hydrogens is 349 g/mol. The predicted octanol–water partition coefficient (Wildman–Crippen LogP) is 3.82. The maximum atomic E-state index is 13.2. The van der Waals surface area contributed by atoms with Gasteiger partial charge in [-0.2, -0.15) is 0 Å². The van der Waals surface area contributed by atoms with Gasteiger partial charge in [0.1, 0.15) is 5.82 Å². The molecule has 0 radical (unpaired) electrons. The summed E-state index contributed by atoms with van der Waals surface area (Å²) in [6.45, 7) is 4.46. The van der Waals surface area contributed by atoms with Gasteiger partial charge in [-0.3, -0.25) is 14.4 Å². The topological polar surface area (TPSA) is 76.2 Å². The van der Waals surface area contributed by atoms with Crippen LogP contribution in [0.2, 0.25) is 0 Å². The molecule has 1 saturated carbocycles. The molecule has 1 aromatic carbocycles. The molecule has 6 heteroatoms. The zero-order valence-corrected chi connectivity index (χ0v) is 15.6. The van der Waals surface area contributed by atoms with Crippen molar-refractivity contribution in [3.05, 3.63) is 58.2 Å². The van der Waals surface area contributed by atoms with E-state index < -0.39 is 18.0 Å². The first-order valence-electron chi connectivity index (χ1n) is 8.93. The van der Waals surface area contributed by atoms with E-state index in [9.17, 15) is 18.8 Å². The summed E-state index contributed by atoms with van der Waals surface area (Å²) in [7, 11) is 0. The number of Topliss-reactive ketones (excluding diaryl/α,β-unsaturated/α-hetero) is 2. The summed E-state index contributed by atoms with van der Waals surface area (Å²) in [5.74, 6) is -1.34. The Morgan fingerprint density at radius 2 is 1.78 bits per heavy atom. The molecule has 0 aliphatic heterocycles. The van der Waals surface area contributed by atoms with Crippen molar-refractivity contribution >= 4 is 17.5 Å². The molecule has 1 aliphatic carbocycles. The predicted molar refractivity (Wildman–Crippen MR) is 97.5 cm³/mol. The fraction of sp³-hybridized carbons (Fsp3) is 0.381. The summed E-state index contributed by atoms with van der Waals surface area (Å²) in [4.78, 5) is 39.8. The Hall–Kier alpha value is -2.76. The minimum atomic E-state index is -0.806. The van der Waals surface area contributed by atoms with E-state index in [0.717, 1.165) is 6.42 Å². The average molecular weight is 371 g/mol. The van der Waals surface area contributed by atoms with Crippen molar-refractivity contribution in [2.75, 3.05) is 6.61 Å². The van der Waals surface area contributed by atoms with Gasteiger partial charge in [-0.05, 0) is 56.9 Å². The van der Waals surface area contributed by atoms with E-state index in [1.165, 1.54) is 19.1 Å². The van der Waals surface area contributed by atoms with Crippen LogP contribution in [0.1, 0.15) is 63.9 Å². The van der Waals surface area contributed by atoms with E-state index in [1.54, 1.807) is 26.0 Å². The van der Waals surface area contributed by atoms with Gasteiger partial charge in [0, 0.05) is 11.3 Å². The van der Waals surface area contributed by atoms with Gasteiger partial charge in [0.15, 0.2) is 12.4 Å². The van der Waals surface area contributed by atoms with Gasteiger partial charge in [0.2, 0.25) is 5.78 Å². The minimum absolute atomic E-state index is 0.123. The fourth-order valence-electron chi connectivity index (χ4n) is 3.81. The molecule has 0 bridgehead atoms. The first kappa shape index (κ1) is 19.0. The molecular formula is C21H22FNO4. The molecule has 3 rings (SSSR count). The van der Waals surface area contributed by atoms with Gasteiger partial charge in [0.25, 0.3) is 0 Å². The number of ether oxygens (including phenoxy) is 1. The number of hydrogen-bond donors (Lipinski definition) is 1. The van der Waals surface area contributed by atoms with Crippen LogP contribution in [0.5, 0.6) is 0 Å². The van der Waals surface area contributed by atoms with Crippen molar-refractivity contribution in [1.82, 2.24) is 4.98 Å². The van der Waals surface area contributed by atoms with E-state index >= 15 is 0 Å². The van der Waals surface area contributed by atoms with Crippen LogP contribution in [-0.4, -0.2) is 29.1 Å². The highest BCUT2D eigenvalue weighted by Gasteiger charge is 2.47. The van der Waals surface area contributed by atoms with Crippen LogP contribution >= 0.6 is 0 Å². The lowest BCUT2D eigenvalue weighted by atomic mass is 9.64. The Labute approximate surface area is 156 Å². The highest BCUT2D eigenvalue weighted by Crippen LogP contribution is 2.44. The smallest absolute Gasteiger partial charge is 0.317 e. The summed E-state index contributed by atoms with van der Waals surface area (Å²) in [6, 6.07) is 5.83. The van der Waals surface area contributed by atoms with Gasteiger partial charge < -0.3 is 9.72 Å². The average Bonchev–Trinajstić information content (AvgIpc) is 2.88. The monoisotopic (exact) mass is 371 g/mol. The lowest BCUT2D eigenvalue weighted by Crippen LogP contribution is -2.44. The van der Waals surface area contributed by atoms with E-state index in [-0.39, 0.29) is 23.1 Å². The van der Waals surface area contributed by atoms with Crippen LogP contribution in [0.4, 0.5) is 4.39 Å². The van der Waals surface area contributed by atoms with Crippen LogP contribution in [0, 0.1) is 19.7 Å². The largest absolute Gasteiger partial charge is 0.457 e. The number of esters is 1. The summed E-state index contributed by atoms with van der Waals surface area (Å²) >= 11 is 0. The summed E-state index contributed by atoms with van der Waals surface area (Å²) < 4.78 is 18.5. The number of H-pyrrole nitrogens is 1. The van der Waals surface area contributed by atoms with Crippen LogP contribution in [-0.2, 0) is 14.9 Å². The van der Waals surface area contributed by atoms with Crippen LogP contribution in [0.15, 0.2) is 24.3 Å². The Kier molecular flexibility index (Phi) is 5.00. The van der Waals surface area contributed by atoms with Crippen LogP contribution in [0.25, 0.3) is 0 Å². The number of hydrogen-bond acceptors (Lipinski definition) is 4. The van der Waals surface area contributed by atoms with Gasteiger partial charge in [0.05, 0.1) is 11.1 Å². The number of halogens is 1. The van der Waals surface area contributed by atoms with Gasteiger partial charge in [-0.15, -0.1) is 0 Å². The zero-order valence-electron chi connectivity index (χ0n) is 15.6. The van der Waals surface area contributed by atoms with Gasteiger partial charge in [-0.1, -0.05) is 18.6 Å². The van der Waals surface area contributed by atoms with Crippen molar-refractivity contribution < 1.29 is 23.5 Å². The highest BCUT2D eigenvalue weighted by atomic mass is 19.1. The zero-order chi connectivity index (χ0) is 19.8. The number of aromatic nitrogens is 1. The molecule has 1 fully saturated rings. The van der Waals surface area contributed by atoms with Crippen molar-refractivity contribution in [3.63, 3.8) is 0 Å². The summed E-state index contributed by atoms with van der Waals surface area (Å²) in [5.41, 5.74) is 1.87. The van der Waals surface area contributed by atoms with E-state index in [4.69, 9.17) is 4.74 Å². The standard InChI is InChI=1S/C21H22FNO4/c1-12-18(14(3)24)13(2)23-19(12)17(25)11-27-20(26)21(9-4-10-21)15-5-7-16(22)8-6-15/h5-8,23H,4,9-11H2,1-3H3. The van der Waals surface area contributed by atoms with Crippen molar-refractivity contribution in [2.45, 2.75) is 45.4 Å². The number of rotatable bonds is 6. The van der Waals surface area contributed by atoms with Crippen molar-refractivity contribution in [3.8, 4) is 0 Å². The van der Waals surface area contributed by atoms with E-state index in [1.807, 2.05) is 0 Å². The lowest BCUT2D eigenvalue weighted by Gasteiger charge is -2.39. The third kappa shape index (κ3) is 3.31. The first-order valence-corrected chi connectivity index (χ1v) is 8.93. The molecule has 0 spiro atoms. The molecule has 2 aromatic rings. The Morgan fingerprint density at radius 3 is 2.26 bits per heavy atom. The van der Waals surface area contributed by atoms with E-state index in [0.29, 0.717) is 35.2 Å². The molecule has 5 nitrogen and oxygen atoms in total. The number of carbonyl (C=O) groups excluding carboxylic acids is 3. The number of aryl methyl sites for hydroxylation is 1. The fourth-order valence-corrected chi connectivity index (χ4v) is 3.81. The number of nitrogens with one attached hydrogen (secondary N) is 1. The van der Waals surface area contributed by atoms with E-state index in [2.05, 4.69) is 4.98 Å². The lowest BCUT2D eigenvalue weighted by molar-refractivity contribution is -0.153. The van der Waals surface area contributed by atoms with Gasteiger partial charge >= 0.3 is 5.97 Å². The third-order valence-corrected chi connectivity index (χ3v) is 5.40. The SMILES string of the molecule is CC(=O)c1c(C)[nH]c(C(=O)COC(=O)C2(c3ccc(F)cc3)CCC2)c1C. The minimum Gasteiger partial charge on any atom is -0.457 e. The summed E-state index contributed by atoms with van der Waals surface area (Å²) in [6.07, 6.45) is 2.10. The van der Waals surface area contributed by atoms with Gasteiger partial charge in [-0.25, -0.2) is 4.39 Å². The van der Waals surface area contributed by atoms with Crippen LogP contribution < -0.4 is 0 Å². The molecule has 0 atom stereocenters. The molecule has 1 aromatic heterocycles. The molecule has 0 amide bonds. The third-order valence-electron chi connectivity index (χ3n) is 5.40. The Balaban J connectivity index is 1.73. The summed E-state index contributed by atoms with van der Waals surface area (Å²) in [5, 5.41) is 0.